The Bertz CT molecular complexity index is 1030. The Morgan fingerprint density at radius 2 is 1.14 bits per heavy atom. The first kappa shape index (κ1) is 26.5. The van der Waals surface area contributed by atoms with Gasteiger partial charge in [0.05, 0.1) is 25.3 Å². The topological polar surface area (TPSA) is 71.1 Å². The van der Waals surface area contributed by atoms with Gasteiger partial charge < -0.3 is 18.9 Å². The highest BCUT2D eigenvalue weighted by molar-refractivity contribution is 8.15. The van der Waals surface area contributed by atoms with E-state index in [4.69, 9.17) is 18.9 Å². The minimum absolute atomic E-state index is 0.358. The summed E-state index contributed by atoms with van der Waals surface area (Å²) in [5.74, 6) is 1.53. The third-order valence-electron chi connectivity index (χ3n) is 4.97. The van der Waals surface area contributed by atoms with Crippen molar-refractivity contribution in [1.82, 2.24) is 0 Å². The van der Waals surface area contributed by atoms with Crippen molar-refractivity contribution in [1.29, 1.82) is 0 Å². The lowest BCUT2D eigenvalue weighted by molar-refractivity contribution is 0.0592. The molecule has 0 spiro atoms. The van der Waals surface area contributed by atoms with Crippen molar-refractivity contribution >= 4 is 35.5 Å². The van der Waals surface area contributed by atoms with Crippen molar-refractivity contribution in [3.63, 3.8) is 0 Å². The summed E-state index contributed by atoms with van der Waals surface area (Å²) >= 11 is 3.62. The molecule has 0 atom stereocenters. The lowest BCUT2D eigenvalue weighted by atomic mass is 10.1. The Balaban J connectivity index is 1.68. The van der Waals surface area contributed by atoms with Crippen molar-refractivity contribution in [2.24, 2.45) is 0 Å². The molecule has 35 heavy (non-hydrogen) atoms. The van der Waals surface area contributed by atoms with Crippen LogP contribution in [0.2, 0.25) is 0 Å². The number of carbonyl (C=O) groups is 2. The monoisotopic (exact) mass is 512 g/mol. The molecule has 0 amide bonds. The molecule has 3 rings (SSSR count). The normalized spacial score (nSPS) is 10.5. The van der Waals surface area contributed by atoms with Gasteiger partial charge in [0.1, 0.15) is 24.7 Å². The van der Waals surface area contributed by atoms with Gasteiger partial charge in [0.25, 0.3) is 0 Å². The smallest absolute Gasteiger partial charge is 0.337 e. The molecule has 0 saturated carbocycles. The van der Waals surface area contributed by atoms with Crippen LogP contribution in [0.15, 0.2) is 66.7 Å². The number of methoxy groups -OCH3 is 2. The van der Waals surface area contributed by atoms with Gasteiger partial charge in [-0.3, -0.25) is 0 Å². The quantitative estimate of drug-likeness (QED) is 0.167. The second-order valence-corrected chi connectivity index (χ2v) is 9.74. The summed E-state index contributed by atoms with van der Waals surface area (Å²) in [6.07, 6.45) is 2.08. The average Bonchev–Trinajstić information content (AvgIpc) is 2.90. The number of benzene rings is 3. The Morgan fingerprint density at radius 1 is 0.686 bits per heavy atom. The molecule has 0 aliphatic carbocycles. The summed E-state index contributed by atoms with van der Waals surface area (Å²) in [4.78, 5) is 23.2. The van der Waals surface area contributed by atoms with Crippen molar-refractivity contribution in [3.8, 4) is 11.5 Å². The molecule has 0 saturated heterocycles. The molecule has 8 heteroatoms. The van der Waals surface area contributed by atoms with Crippen LogP contribution in [-0.4, -0.2) is 37.5 Å². The van der Waals surface area contributed by atoms with E-state index in [9.17, 15) is 9.59 Å². The van der Waals surface area contributed by atoms with Gasteiger partial charge in [0.2, 0.25) is 0 Å². The number of rotatable bonds is 12. The first-order valence-electron chi connectivity index (χ1n) is 10.8. The zero-order chi connectivity index (χ0) is 25.0. The molecule has 0 heterocycles. The zero-order valence-corrected chi connectivity index (χ0v) is 21.6. The lowest BCUT2D eigenvalue weighted by Gasteiger charge is -2.13. The highest BCUT2D eigenvalue weighted by Crippen LogP contribution is 2.28. The lowest BCUT2D eigenvalue weighted by Crippen LogP contribution is -2.03. The largest absolute Gasteiger partial charge is 0.489 e. The fourth-order valence-corrected chi connectivity index (χ4v) is 4.57. The van der Waals surface area contributed by atoms with Gasteiger partial charge in [-0.25, -0.2) is 9.59 Å². The minimum Gasteiger partial charge on any atom is -0.489 e. The third kappa shape index (κ3) is 8.26. The maximum Gasteiger partial charge on any atom is 0.337 e. The number of ether oxygens (including phenoxy) is 4. The number of thioether (sulfide) groups is 2. The molecule has 0 aromatic heterocycles. The molecular formula is C27H28O6S2. The predicted octanol–water partition coefficient (Wildman–Crippen LogP) is 5.97. The number of hydrogen-bond acceptors (Lipinski definition) is 8. The van der Waals surface area contributed by atoms with E-state index < -0.39 is 0 Å². The second kappa shape index (κ2) is 13.7. The molecular weight excluding hydrogens is 484 g/mol. The Labute approximate surface area is 214 Å². The SMILES string of the molecule is COC(=O)c1ccc(COc2cc(CSCSC)cc(OCc3ccc(C(=O)OC)cc3)c2)cc1. The van der Waals surface area contributed by atoms with Crippen LogP contribution >= 0.6 is 23.5 Å². The molecule has 184 valence electrons. The standard InChI is InChI=1S/C27H28O6S2/c1-30-26(28)22-8-4-19(5-9-22)15-32-24-12-21(17-35-18-34-3)13-25(14-24)33-16-20-6-10-23(11-7-20)27(29)31-2/h4-14H,15-18H2,1-3H3. The number of esters is 2. The zero-order valence-electron chi connectivity index (χ0n) is 19.9. The molecule has 6 nitrogen and oxygen atoms in total. The van der Waals surface area contributed by atoms with E-state index in [0.29, 0.717) is 35.8 Å². The van der Waals surface area contributed by atoms with E-state index in [1.54, 1.807) is 36.0 Å². The van der Waals surface area contributed by atoms with Crippen LogP contribution in [0.25, 0.3) is 0 Å². The van der Waals surface area contributed by atoms with Crippen molar-refractivity contribution < 1.29 is 28.5 Å². The molecule has 0 radical (unpaired) electrons. The van der Waals surface area contributed by atoms with Crippen molar-refractivity contribution in [3.05, 3.63) is 94.5 Å². The second-order valence-electron chi connectivity index (χ2n) is 7.52. The third-order valence-corrected chi connectivity index (χ3v) is 7.12. The molecule has 0 bridgehead atoms. The van der Waals surface area contributed by atoms with Crippen LogP contribution in [0.5, 0.6) is 11.5 Å². The van der Waals surface area contributed by atoms with Gasteiger partial charge in [-0.2, -0.15) is 11.8 Å². The first-order chi connectivity index (χ1) is 17.0. The minimum atomic E-state index is -0.366. The van der Waals surface area contributed by atoms with Crippen molar-refractivity contribution in [2.75, 3.05) is 25.6 Å². The molecule has 3 aromatic rings. The fraction of sp³-hybridized carbons (Fsp3) is 0.259. The van der Waals surface area contributed by atoms with E-state index in [0.717, 1.165) is 27.5 Å². The molecule has 3 aromatic carbocycles. The summed E-state index contributed by atoms with van der Waals surface area (Å²) in [5.41, 5.74) is 3.98. The fourth-order valence-electron chi connectivity index (χ4n) is 3.17. The van der Waals surface area contributed by atoms with Crippen LogP contribution in [0, 0.1) is 0 Å². The molecule has 0 aliphatic rings. The van der Waals surface area contributed by atoms with Gasteiger partial charge >= 0.3 is 11.9 Å². The van der Waals surface area contributed by atoms with Gasteiger partial charge in [-0.15, -0.1) is 11.8 Å². The van der Waals surface area contributed by atoms with Crippen molar-refractivity contribution in [2.45, 2.75) is 19.0 Å². The van der Waals surface area contributed by atoms with E-state index in [2.05, 4.69) is 6.26 Å². The maximum atomic E-state index is 11.6. The summed E-state index contributed by atoms with van der Waals surface area (Å²) < 4.78 is 21.6. The Morgan fingerprint density at radius 3 is 1.54 bits per heavy atom. The molecule has 0 fully saturated rings. The molecule has 0 aliphatic heterocycles. The van der Waals surface area contributed by atoms with E-state index in [1.165, 1.54) is 14.2 Å². The number of hydrogen-bond donors (Lipinski definition) is 0. The van der Waals surface area contributed by atoms with Crippen LogP contribution in [-0.2, 0) is 28.4 Å². The maximum absolute atomic E-state index is 11.6. The van der Waals surface area contributed by atoms with E-state index >= 15 is 0 Å². The average molecular weight is 513 g/mol. The van der Waals surface area contributed by atoms with Gasteiger partial charge in [-0.1, -0.05) is 24.3 Å². The summed E-state index contributed by atoms with van der Waals surface area (Å²) in [6, 6.07) is 20.2. The highest BCUT2D eigenvalue weighted by Gasteiger charge is 2.08. The van der Waals surface area contributed by atoms with Gasteiger partial charge in [-0.05, 0) is 59.3 Å². The predicted molar refractivity (Wildman–Crippen MR) is 140 cm³/mol. The number of carbonyl (C=O) groups excluding carboxylic acids is 2. The van der Waals surface area contributed by atoms with Crippen LogP contribution in [0.4, 0.5) is 0 Å². The van der Waals surface area contributed by atoms with Gasteiger partial charge in [0.15, 0.2) is 0 Å². The molecule has 0 N–H and O–H groups in total. The van der Waals surface area contributed by atoms with Crippen LogP contribution in [0.3, 0.4) is 0 Å². The summed E-state index contributed by atoms with van der Waals surface area (Å²) in [5, 5.41) is 1.00. The summed E-state index contributed by atoms with van der Waals surface area (Å²) in [7, 11) is 2.72. The summed E-state index contributed by atoms with van der Waals surface area (Å²) in [6.45, 7) is 0.717. The van der Waals surface area contributed by atoms with E-state index in [1.807, 2.05) is 54.2 Å². The van der Waals surface area contributed by atoms with Gasteiger partial charge in [0, 0.05) is 16.9 Å². The van der Waals surface area contributed by atoms with Crippen LogP contribution in [0.1, 0.15) is 37.4 Å². The Kier molecular flexibility index (Phi) is 10.4. The van der Waals surface area contributed by atoms with E-state index in [-0.39, 0.29) is 11.9 Å². The highest BCUT2D eigenvalue weighted by atomic mass is 32.2. The van der Waals surface area contributed by atoms with Crippen LogP contribution < -0.4 is 9.47 Å². The Hall–Kier alpha value is -3.10. The first-order valence-corrected chi connectivity index (χ1v) is 13.4. The molecule has 0 unspecified atom stereocenters.